The van der Waals surface area contributed by atoms with E-state index in [-0.39, 0.29) is 0 Å². The van der Waals surface area contributed by atoms with Gasteiger partial charge in [-0.25, -0.2) is 0 Å². The molecule has 0 aromatic heterocycles. The van der Waals surface area contributed by atoms with Crippen molar-refractivity contribution in [2.24, 2.45) is 17.6 Å². The van der Waals surface area contributed by atoms with Gasteiger partial charge in [-0.15, -0.1) is 0 Å². The lowest BCUT2D eigenvalue weighted by molar-refractivity contribution is 0.253. The Labute approximate surface area is 112 Å². The SMILES string of the molecule is CC(C)Cc1ccc(C(CCN)C2CCC2)cc1. The second-order valence-electron chi connectivity index (χ2n) is 6.21. The van der Waals surface area contributed by atoms with Crippen LogP contribution >= 0.6 is 0 Å². The molecule has 100 valence electrons. The maximum Gasteiger partial charge on any atom is -0.00713 e. The zero-order chi connectivity index (χ0) is 13.0. The van der Waals surface area contributed by atoms with Gasteiger partial charge in [0.05, 0.1) is 0 Å². The summed E-state index contributed by atoms with van der Waals surface area (Å²) in [6, 6.07) is 9.32. The molecule has 1 saturated carbocycles. The third-order valence-electron chi connectivity index (χ3n) is 4.25. The van der Waals surface area contributed by atoms with Gasteiger partial charge in [-0.3, -0.25) is 0 Å². The average molecular weight is 245 g/mol. The summed E-state index contributed by atoms with van der Waals surface area (Å²) in [7, 11) is 0. The standard InChI is InChI=1S/C17H27N/c1-13(2)12-14-6-8-16(9-7-14)17(10-11-18)15-4-3-5-15/h6-9,13,15,17H,3-5,10-12,18H2,1-2H3. The zero-order valence-corrected chi connectivity index (χ0v) is 11.9. The first-order valence-corrected chi connectivity index (χ1v) is 7.49. The van der Waals surface area contributed by atoms with Gasteiger partial charge < -0.3 is 5.73 Å². The molecule has 0 saturated heterocycles. The highest BCUT2D eigenvalue weighted by molar-refractivity contribution is 5.26. The van der Waals surface area contributed by atoms with Gasteiger partial charge in [-0.2, -0.15) is 0 Å². The van der Waals surface area contributed by atoms with Crippen molar-refractivity contribution < 1.29 is 0 Å². The van der Waals surface area contributed by atoms with E-state index < -0.39 is 0 Å². The number of hydrogen-bond donors (Lipinski definition) is 1. The van der Waals surface area contributed by atoms with Crippen molar-refractivity contribution in [3.8, 4) is 0 Å². The molecular weight excluding hydrogens is 218 g/mol. The first kappa shape index (κ1) is 13.6. The van der Waals surface area contributed by atoms with Crippen LogP contribution in [0.3, 0.4) is 0 Å². The Bertz CT molecular complexity index is 348. The van der Waals surface area contributed by atoms with Crippen LogP contribution < -0.4 is 5.73 Å². The summed E-state index contributed by atoms with van der Waals surface area (Å²) in [4.78, 5) is 0. The molecule has 0 radical (unpaired) electrons. The topological polar surface area (TPSA) is 26.0 Å². The van der Waals surface area contributed by atoms with Crippen molar-refractivity contribution in [1.82, 2.24) is 0 Å². The molecule has 0 bridgehead atoms. The van der Waals surface area contributed by atoms with Gasteiger partial charge in [0.1, 0.15) is 0 Å². The summed E-state index contributed by atoms with van der Waals surface area (Å²) >= 11 is 0. The predicted octanol–water partition coefficient (Wildman–Crippen LogP) is 4.12. The van der Waals surface area contributed by atoms with E-state index in [0.29, 0.717) is 5.92 Å². The Kier molecular flexibility index (Phi) is 4.82. The highest BCUT2D eigenvalue weighted by atomic mass is 14.5. The highest BCUT2D eigenvalue weighted by Gasteiger charge is 2.27. The van der Waals surface area contributed by atoms with Crippen LogP contribution in [0.2, 0.25) is 0 Å². The van der Waals surface area contributed by atoms with E-state index in [0.717, 1.165) is 24.8 Å². The summed E-state index contributed by atoms with van der Waals surface area (Å²) < 4.78 is 0. The number of rotatable bonds is 6. The predicted molar refractivity (Wildman–Crippen MR) is 78.7 cm³/mol. The van der Waals surface area contributed by atoms with Crippen LogP contribution in [0.5, 0.6) is 0 Å². The van der Waals surface area contributed by atoms with Gasteiger partial charge in [0.25, 0.3) is 0 Å². The van der Waals surface area contributed by atoms with Crippen LogP contribution in [0.25, 0.3) is 0 Å². The third kappa shape index (κ3) is 3.35. The van der Waals surface area contributed by atoms with Crippen molar-refractivity contribution in [3.63, 3.8) is 0 Å². The average Bonchev–Trinajstić information content (AvgIpc) is 2.26. The van der Waals surface area contributed by atoms with Gasteiger partial charge in [-0.05, 0) is 61.1 Å². The van der Waals surface area contributed by atoms with E-state index in [4.69, 9.17) is 5.73 Å². The second-order valence-corrected chi connectivity index (χ2v) is 6.21. The fourth-order valence-corrected chi connectivity index (χ4v) is 3.07. The van der Waals surface area contributed by atoms with Gasteiger partial charge in [0.15, 0.2) is 0 Å². The zero-order valence-electron chi connectivity index (χ0n) is 11.9. The molecule has 0 spiro atoms. The maximum absolute atomic E-state index is 5.78. The Morgan fingerprint density at radius 3 is 2.28 bits per heavy atom. The summed E-state index contributed by atoms with van der Waals surface area (Å²) in [5.74, 6) is 2.34. The van der Waals surface area contributed by atoms with Crippen molar-refractivity contribution in [3.05, 3.63) is 35.4 Å². The van der Waals surface area contributed by atoms with Crippen molar-refractivity contribution in [1.29, 1.82) is 0 Å². The molecule has 1 heteroatoms. The molecule has 1 aromatic rings. The molecule has 1 aromatic carbocycles. The first-order chi connectivity index (χ1) is 8.70. The van der Waals surface area contributed by atoms with Crippen LogP contribution in [0.4, 0.5) is 0 Å². The molecule has 1 fully saturated rings. The first-order valence-electron chi connectivity index (χ1n) is 7.49. The van der Waals surface area contributed by atoms with Gasteiger partial charge >= 0.3 is 0 Å². The number of hydrogen-bond acceptors (Lipinski definition) is 1. The third-order valence-corrected chi connectivity index (χ3v) is 4.25. The monoisotopic (exact) mass is 245 g/mol. The molecule has 1 aliphatic rings. The summed E-state index contributed by atoms with van der Waals surface area (Å²) in [6.07, 6.45) is 6.55. The fraction of sp³-hybridized carbons (Fsp3) is 0.647. The Balaban J connectivity index is 2.05. The molecule has 2 N–H and O–H groups in total. The van der Waals surface area contributed by atoms with Crippen LogP contribution in [0, 0.1) is 11.8 Å². The summed E-state index contributed by atoms with van der Waals surface area (Å²) in [5.41, 5.74) is 8.76. The van der Waals surface area contributed by atoms with E-state index in [1.807, 2.05) is 0 Å². The van der Waals surface area contributed by atoms with E-state index in [1.165, 1.54) is 36.8 Å². The van der Waals surface area contributed by atoms with E-state index in [2.05, 4.69) is 38.1 Å². The normalized spacial score (nSPS) is 17.8. The summed E-state index contributed by atoms with van der Waals surface area (Å²) in [5, 5.41) is 0. The van der Waals surface area contributed by atoms with E-state index in [9.17, 15) is 0 Å². The van der Waals surface area contributed by atoms with Crippen LogP contribution in [0.1, 0.15) is 56.6 Å². The lowest BCUT2D eigenvalue weighted by Gasteiger charge is -2.34. The Hall–Kier alpha value is -0.820. The minimum absolute atomic E-state index is 0.705. The van der Waals surface area contributed by atoms with Crippen molar-refractivity contribution in [2.45, 2.75) is 51.9 Å². The molecule has 2 rings (SSSR count). The number of benzene rings is 1. The lowest BCUT2D eigenvalue weighted by Crippen LogP contribution is -2.22. The van der Waals surface area contributed by atoms with E-state index >= 15 is 0 Å². The largest absolute Gasteiger partial charge is 0.330 e. The molecule has 1 atom stereocenters. The Morgan fingerprint density at radius 1 is 1.17 bits per heavy atom. The van der Waals surface area contributed by atoms with Crippen LogP contribution in [-0.2, 0) is 6.42 Å². The van der Waals surface area contributed by atoms with Crippen molar-refractivity contribution in [2.75, 3.05) is 6.54 Å². The quantitative estimate of drug-likeness (QED) is 0.801. The smallest absolute Gasteiger partial charge is 0.00713 e. The lowest BCUT2D eigenvalue weighted by atomic mass is 9.71. The molecule has 0 heterocycles. The molecule has 1 unspecified atom stereocenters. The van der Waals surface area contributed by atoms with Gasteiger partial charge in [0.2, 0.25) is 0 Å². The molecule has 18 heavy (non-hydrogen) atoms. The summed E-state index contributed by atoms with van der Waals surface area (Å²) in [6.45, 7) is 5.37. The molecular formula is C17H27N. The minimum Gasteiger partial charge on any atom is -0.330 e. The van der Waals surface area contributed by atoms with Gasteiger partial charge in [0, 0.05) is 0 Å². The second kappa shape index (κ2) is 6.38. The minimum atomic E-state index is 0.705. The maximum atomic E-state index is 5.78. The number of nitrogens with two attached hydrogens (primary N) is 1. The van der Waals surface area contributed by atoms with Crippen molar-refractivity contribution >= 4 is 0 Å². The molecule has 1 aliphatic carbocycles. The Morgan fingerprint density at radius 2 is 1.83 bits per heavy atom. The molecule has 0 aliphatic heterocycles. The van der Waals surface area contributed by atoms with Gasteiger partial charge in [-0.1, -0.05) is 44.5 Å². The molecule has 1 nitrogen and oxygen atoms in total. The van der Waals surface area contributed by atoms with Crippen LogP contribution in [-0.4, -0.2) is 6.54 Å². The van der Waals surface area contributed by atoms with Crippen LogP contribution in [0.15, 0.2) is 24.3 Å². The van der Waals surface area contributed by atoms with E-state index in [1.54, 1.807) is 0 Å². The fourth-order valence-electron chi connectivity index (χ4n) is 3.07. The highest BCUT2D eigenvalue weighted by Crippen LogP contribution is 2.41. The molecule has 0 amide bonds.